The molecule has 0 saturated heterocycles. The van der Waals surface area contributed by atoms with Gasteiger partial charge in [-0.15, -0.1) is 0 Å². The molecule has 124 valence electrons. The van der Waals surface area contributed by atoms with Gasteiger partial charge in [0.05, 0.1) is 20.3 Å². The van der Waals surface area contributed by atoms with Gasteiger partial charge in [0.2, 0.25) is 0 Å². The Balaban J connectivity index is 1.81. The van der Waals surface area contributed by atoms with Crippen molar-refractivity contribution in [1.29, 1.82) is 0 Å². The van der Waals surface area contributed by atoms with Crippen LogP contribution in [-0.4, -0.2) is 24.5 Å². The van der Waals surface area contributed by atoms with E-state index in [2.05, 4.69) is 5.16 Å². The van der Waals surface area contributed by atoms with E-state index >= 15 is 0 Å². The molecule has 0 aliphatic heterocycles. The van der Waals surface area contributed by atoms with E-state index in [0.29, 0.717) is 29.4 Å². The average Bonchev–Trinajstić information content (AvgIpc) is 3.10. The zero-order valence-electron chi connectivity index (χ0n) is 13.6. The van der Waals surface area contributed by atoms with Gasteiger partial charge >= 0.3 is 0 Å². The first-order valence-corrected chi connectivity index (χ1v) is 7.61. The number of ether oxygens (including phenoxy) is 2. The summed E-state index contributed by atoms with van der Waals surface area (Å²) >= 11 is 0. The van der Waals surface area contributed by atoms with Gasteiger partial charge in [-0.2, -0.15) is 0 Å². The van der Waals surface area contributed by atoms with Gasteiger partial charge in [0.25, 0.3) is 0 Å². The van der Waals surface area contributed by atoms with E-state index in [0.717, 1.165) is 11.1 Å². The number of rotatable bonds is 6. The summed E-state index contributed by atoms with van der Waals surface area (Å²) in [6.45, 7) is 0. The van der Waals surface area contributed by atoms with Gasteiger partial charge in [-0.3, -0.25) is 0 Å². The molecule has 0 bridgehead atoms. The van der Waals surface area contributed by atoms with Crippen LogP contribution in [-0.2, 0) is 6.42 Å². The lowest BCUT2D eigenvalue weighted by atomic mass is 10.0. The molecule has 0 unspecified atom stereocenters. The number of aromatic nitrogens is 1. The lowest BCUT2D eigenvalue weighted by Crippen LogP contribution is -2.00. The predicted molar refractivity (Wildman–Crippen MR) is 90.1 cm³/mol. The van der Waals surface area contributed by atoms with Crippen LogP contribution in [0.2, 0.25) is 0 Å². The van der Waals surface area contributed by atoms with Crippen LogP contribution in [0.1, 0.15) is 17.4 Å². The van der Waals surface area contributed by atoms with Gasteiger partial charge in [0.15, 0.2) is 0 Å². The fourth-order valence-corrected chi connectivity index (χ4v) is 2.48. The van der Waals surface area contributed by atoms with Crippen LogP contribution in [0.25, 0.3) is 11.3 Å². The Hall–Kier alpha value is -2.79. The largest absolute Gasteiger partial charge is 0.497 e. The molecule has 0 spiro atoms. The quantitative estimate of drug-likeness (QED) is 0.749. The van der Waals surface area contributed by atoms with Gasteiger partial charge in [-0.25, -0.2) is 0 Å². The number of methoxy groups -OCH3 is 2. The third-order valence-electron chi connectivity index (χ3n) is 3.79. The molecule has 1 atom stereocenters. The Kier molecular flexibility index (Phi) is 4.82. The molecule has 0 radical (unpaired) electrons. The van der Waals surface area contributed by atoms with Crippen molar-refractivity contribution in [2.45, 2.75) is 12.5 Å². The zero-order valence-corrected chi connectivity index (χ0v) is 13.6. The van der Waals surface area contributed by atoms with E-state index in [1.807, 2.05) is 48.5 Å². The number of aliphatic hydroxyl groups is 1. The topological polar surface area (TPSA) is 64.7 Å². The Morgan fingerprint density at radius 3 is 2.29 bits per heavy atom. The second-order valence-corrected chi connectivity index (χ2v) is 5.41. The first-order chi connectivity index (χ1) is 11.7. The molecule has 5 nitrogen and oxygen atoms in total. The highest BCUT2D eigenvalue weighted by Gasteiger charge is 2.14. The molecule has 0 amide bonds. The summed E-state index contributed by atoms with van der Waals surface area (Å²) in [5, 5.41) is 14.4. The molecule has 5 heteroatoms. The maximum Gasteiger partial charge on any atom is 0.140 e. The molecule has 3 aromatic rings. The summed E-state index contributed by atoms with van der Waals surface area (Å²) in [7, 11) is 3.20. The van der Waals surface area contributed by atoms with E-state index in [4.69, 9.17) is 14.0 Å². The predicted octanol–water partition coefficient (Wildman–Crippen LogP) is 3.63. The van der Waals surface area contributed by atoms with Crippen LogP contribution in [0.5, 0.6) is 11.5 Å². The summed E-state index contributed by atoms with van der Waals surface area (Å²) < 4.78 is 15.9. The highest BCUT2D eigenvalue weighted by molar-refractivity contribution is 5.63. The normalized spacial score (nSPS) is 12.0. The van der Waals surface area contributed by atoms with Gasteiger partial charge in [0, 0.05) is 24.1 Å². The summed E-state index contributed by atoms with van der Waals surface area (Å²) in [4.78, 5) is 0. The second-order valence-electron chi connectivity index (χ2n) is 5.41. The summed E-state index contributed by atoms with van der Waals surface area (Å²) in [6.07, 6.45) is -0.273. The van der Waals surface area contributed by atoms with Crippen LogP contribution in [0, 0.1) is 0 Å². The summed E-state index contributed by atoms with van der Waals surface area (Å²) in [5.74, 6) is 1.97. The van der Waals surface area contributed by atoms with Crippen LogP contribution >= 0.6 is 0 Å². The summed E-state index contributed by atoms with van der Waals surface area (Å²) in [6, 6.07) is 16.8. The van der Waals surface area contributed by atoms with Crippen molar-refractivity contribution in [3.05, 3.63) is 65.9 Å². The molecule has 2 aromatic carbocycles. The van der Waals surface area contributed by atoms with E-state index in [9.17, 15) is 5.11 Å². The van der Waals surface area contributed by atoms with E-state index in [1.54, 1.807) is 20.3 Å². The molecule has 0 aliphatic carbocycles. The minimum absolute atomic E-state index is 0.359. The minimum Gasteiger partial charge on any atom is -0.497 e. The van der Waals surface area contributed by atoms with Crippen molar-refractivity contribution in [3.8, 4) is 22.8 Å². The molecular formula is C19H19NO4. The molecule has 0 aliphatic rings. The smallest absolute Gasteiger partial charge is 0.140 e. The Bertz CT molecular complexity index is 776. The molecular weight excluding hydrogens is 306 g/mol. The minimum atomic E-state index is -0.633. The maximum atomic E-state index is 10.3. The molecule has 0 fully saturated rings. The van der Waals surface area contributed by atoms with Gasteiger partial charge < -0.3 is 19.1 Å². The van der Waals surface area contributed by atoms with Crippen molar-refractivity contribution >= 4 is 0 Å². The Morgan fingerprint density at radius 2 is 1.67 bits per heavy atom. The molecule has 24 heavy (non-hydrogen) atoms. The number of nitrogens with zero attached hydrogens (tertiary/aromatic N) is 1. The Labute approximate surface area is 140 Å². The lowest BCUT2D eigenvalue weighted by molar-refractivity contribution is 0.167. The number of hydrogen-bond donors (Lipinski definition) is 1. The number of aliphatic hydroxyl groups excluding tert-OH is 1. The van der Waals surface area contributed by atoms with Crippen molar-refractivity contribution in [1.82, 2.24) is 5.16 Å². The van der Waals surface area contributed by atoms with Crippen LogP contribution in [0.3, 0.4) is 0 Å². The highest BCUT2D eigenvalue weighted by Crippen LogP contribution is 2.30. The molecule has 1 heterocycles. The number of hydrogen-bond acceptors (Lipinski definition) is 5. The Morgan fingerprint density at radius 1 is 1.00 bits per heavy atom. The van der Waals surface area contributed by atoms with E-state index < -0.39 is 6.10 Å². The number of benzene rings is 2. The molecule has 3 rings (SSSR count). The van der Waals surface area contributed by atoms with E-state index in [1.165, 1.54) is 0 Å². The van der Waals surface area contributed by atoms with Crippen molar-refractivity contribution < 1.29 is 19.1 Å². The van der Waals surface area contributed by atoms with Gasteiger partial charge in [-0.1, -0.05) is 35.5 Å². The van der Waals surface area contributed by atoms with Crippen LogP contribution in [0.15, 0.2) is 59.1 Å². The van der Waals surface area contributed by atoms with Crippen LogP contribution in [0.4, 0.5) is 0 Å². The highest BCUT2D eigenvalue weighted by atomic mass is 16.5. The first kappa shape index (κ1) is 16.1. The molecule has 0 saturated carbocycles. The fraction of sp³-hybridized carbons (Fsp3) is 0.211. The van der Waals surface area contributed by atoms with E-state index in [-0.39, 0.29) is 0 Å². The van der Waals surface area contributed by atoms with Gasteiger partial charge in [-0.05, 0) is 17.7 Å². The van der Waals surface area contributed by atoms with Crippen molar-refractivity contribution in [3.63, 3.8) is 0 Å². The van der Waals surface area contributed by atoms with Crippen molar-refractivity contribution in [2.24, 2.45) is 0 Å². The first-order valence-electron chi connectivity index (χ1n) is 7.61. The maximum absolute atomic E-state index is 10.3. The molecule has 1 aromatic heterocycles. The van der Waals surface area contributed by atoms with Crippen LogP contribution < -0.4 is 9.47 Å². The third kappa shape index (κ3) is 3.58. The third-order valence-corrected chi connectivity index (χ3v) is 3.79. The lowest BCUT2D eigenvalue weighted by Gasteiger charge is -2.08. The SMILES string of the molecule is COc1cc(OC)cc(-c2cc(C[C@H](O)c3ccccc3)on2)c1. The van der Waals surface area contributed by atoms with Crippen molar-refractivity contribution in [2.75, 3.05) is 14.2 Å². The standard InChI is InChI=1S/C19H19NO4/c1-22-15-8-14(9-16(10-15)23-2)18-11-17(24-20-18)12-19(21)13-6-4-3-5-7-13/h3-11,19,21H,12H2,1-2H3/t19-/m0/s1. The second kappa shape index (κ2) is 7.19. The monoisotopic (exact) mass is 325 g/mol. The average molecular weight is 325 g/mol. The zero-order chi connectivity index (χ0) is 16.9. The molecule has 1 N–H and O–H groups in total. The summed E-state index contributed by atoms with van der Waals surface area (Å²) in [5.41, 5.74) is 2.34. The fourth-order valence-electron chi connectivity index (χ4n) is 2.48. The van der Waals surface area contributed by atoms with Gasteiger partial charge in [0.1, 0.15) is 23.0 Å².